The number of hydrogen-bond donors (Lipinski definition) is 1. The van der Waals surface area contributed by atoms with E-state index in [1.807, 2.05) is 4.90 Å². The summed E-state index contributed by atoms with van der Waals surface area (Å²) in [6, 6.07) is 0.155. The molecular weight excluding hydrogens is 244 g/mol. The molecule has 0 radical (unpaired) electrons. The van der Waals surface area contributed by atoms with Gasteiger partial charge in [0.25, 0.3) is 5.56 Å². The first-order valence-electron chi connectivity index (χ1n) is 5.38. The zero-order valence-electron chi connectivity index (χ0n) is 9.60. The van der Waals surface area contributed by atoms with Crippen molar-refractivity contribution in [3.63, 3.8) is 0 Å². The predicted octanol–water partition coefficient (Wildman–Crippen LogP) is -0.310. The molecule has 1 saturated heterocycles. The molecule has 0 unspecified atom stereocenters. The van der Waals surface area contributed by atoms with E-state index < -0.39 is 0 Å². The molecule has 0 aromatic carbocycles. The summed E-state index contributed by atoms with van der Waals surface area (Å²) in [6.07, 6.45) is 1.60. The average Bonchev–Trinajstić information content (AvgIpc) is 2.28. The lowest BCUT2D eigenvalue weighted by Gasteiger charge is -2.38. The minimum absolute atomic E-state index is 0.155. The molecule has 94 valence electrons. The molecule has 1 fully saturated rings. The first-order chi connectivity index (χ1) is 8.13. The number of methoxy groups -OCH3 is 1. The Kier molecular flexibility index (Phi) is 3.66. The van der Waals surface area contributed by atoms with E-state index in [1.54, 1.807) is 13.3 Å². The summed E-state index contributed by atoms with van der Waals surface area (Å²) >= 11 is 6.04. The molecular formula is C10H15ClN4O2. The van der Waals surface area contributed by atoms with E-state index in [0.29, 0.717) is 31.9 Å². The van der Waals surface area contributed by atoms with Gasteiger partial charge < -0.3 is 15.4 Å². The van der Waals surface area contributed by atoms with Gasteiger partial charge in [0.2, 0.25) is 0 Å². The normalized spacial score (nSPS) is 16.1. The Morgan fingerprint density at radius 3 is 2.94 bits per heavy atom. The number of nitrogens with two attached hydrogens (primary N) is 1. The third kappa shape index (κ3) is 2.43. The van der Waals surface area contributed by atoms with Gasteiger partial charge in [0, 0.05) is 26.2 Å². The topological polar surface area (TPSA) is 73.4 Å². The van der Waals surface area contributed by atoms with Crippen LogP contribution in [-0.2, 0) is 11.3 Å². The summed E-state index contributed by atoms with van der Waals surface area (Å²) in [5.41, 5.74) is 6.05. The van der Waals surface area contributed by atoms with Crippen LogP contribution in [0.15, 0.2) is 11.0 Å². The Morgan fingerprint density at radius 2 is 2.35 bits per heavy atom. The maximum atomic E-state index is 11.9. The molecule has 0 bridgehead atoms. The van der Waals surface area contributed by atoms with Gasteiger partial charge in [-0.05, 0) is 0 Å². The SMILES string of the molecule is COCCn1ncc(N2CC(N)C2)c(Cl)c1=O. The summed E-state index contributed by atoms with van der Waals surface area (Å²) in [5, 5.41) is 4.26. The van der Waals surface area contributed by atoms with E-state index in [2.05, 4.69) is 5.10 Å². The largest absolute Gasteiger partial charge is 0.383 e. The van der Waals surface area contributed by atoms with E-state index in [4.69, 9.17) is 22.1 Å². The maximum Gasteiger partial charge on any atom is 0.287 e. The molecule has 17 heavy (non-hydrogen) atoms. The fourth-order valence-corrected chi connectivity index (χ4v) is 1.99. The van der Waals surface area contributed by atoms with Crippen LogP contribution in [-0.4, -0.2) is 42.6 Å². The van der Waals surface area contributed by atoms with Crippen molar-refractivity contribution in [3.05, 3.63) is 21.6 Å². The molecule has 0 saturated carbocycles. The Balaban J connectivity index is 2.20. The second-order valence-electron chi connectivity index (χ2n) is 4.03. The number of hydrogen-bond acceptors (Lipinski definition) is 5. The fraction of sp³-hybridized carbons (Fsp3) is 0.600. The lowest BCUT2D eigenvalue weighted by atomic mass is 10.1. The average molecular weight is 259 g/mol. The lowest BCUT2D eigenvalue weighted by Crippen LogP contribution is -2.56. The molecule has 2 rings (SSSR count). The molecule has 7 heteroatoms. The van der Waals surface area contributed by atoms with Gasteiger partial charge in [-0.2, -0.15) is 5.10 Å². The predicted molar refractivity (Wildman–Crippen MR) is 65.6 cm³/mol. The Hall–Kier alpha value is -1.11. The number of rotatable bonds is 4. The summed E-state index contributed by atoms with van der Waals surface area (Å²) in [7, 11) is 1.57. The van der Waals surface area contributed by atoms with Crippen LogP contribution in [0.3, 0.4) is 0 Å². The third-order valence-corrected chi connectivity index (χ3v) is 3.08. The molecule has 2 heterocycles. The molecule has 1 aliphatic heterocycles. The van der Waals surface area contributed by atoms with Crippen molar-refractivity contribution in [1.82, 2.24) is 9.78 Å². The number of halogens is 1. The molecule has 0 atom stereocenters. The van der Waals surface area contributed by atoms with Crippen molar-refractivity contribution in [2.24, 2.45) is 5.73 Å². The number of nitrogens with zero attached hydrogens (tertiary/aromatic N) is 3. The van der Waals surface area contributed by atoms with E-state index in [0.717, 1.165) is 0 Å². The van der Waals surface area contributed by atoms with Crippen LogP contribution >= 0.6 is 11.6 Å². The summed E-state index contributed by atoms with van der Waals surface area (Å²) in [6.45, 7) is 2.25. The Morgan fingerprint density at radius 1 is 1.65 bits per heavy atom. The van der Waals surface area contributed by atoms with Crippen LogP contribution in [0.5, 0.6) is 0 Å². The molecule has 1 aliphatic rings. The molecule has 0 spiro atoms. The van der Waals surface area contributed by atoms with Gasteiger partial charge in [-0.25, -0.2) is 4.68 Å². The third-order valence-electron chi connectivity index (χ3n) is 2.72. The first kappa shape index (κ1) is 12.3. The van der Waals surface area contributed by atoms with Gasteiger partial charge in [0.05, 0.1) is 25.0 Å². The van der Waals surface area contributed by atoms with Crippen molar-refractivity contribution in [2.45, 2.75) is 12.6 Å². The van der Waals surface area contributed by atoms with E-state index in [-0.39, 0.29) is 16.6 Å². The number of aromatic nitrogens is 2. The highest BCUT2D eigenvalue weighted by atomic mass is 35.5. The van der Waals surface area contributed by atoms with Crippen molar-refractivity contribution in [1.29, 1.82) is 0 Å². The molecule has 1 aromatic rings. The van der Waals surface area contributed by atoms with Crippen molar-refractivity contribution >= 4 is 17.3 Å². The van der Waals surface area contributed by atoms with Gasteiger partial charge in [-0.1, -0.05) is 11.6 Å². The molecule has 2 N–H and O–H groups in total. The van der Waals surface area contributed by atoms with Crippen LogP contribution in [0.4, 0.5) is 5.69 Å². The highest BCUT2D eigenvalue weighted by Gasteiger charge is 2.26. The quantitative estimate of drug-likeness (QED) is 0.802. The monoisotopic (exact) mass is 258 g/mol. The fourth-order valence-electron chi connectivity index (χ4n) is 1.72. The highest BCUT2D eigenvalue weighted by molar-refractivity contribution is 6.33. The zero-order chi connectivity index (χ0) is 12.4. The van der Waals surface area contributed by atoms with E-state index >= 15 is 0 Å². The smallest absolute Gasteiger partial charge is 0.287 e. The van der Waals surface area contributed by atoms with Crippen LogP contribution in [0, 0.1) is 0 Å². The van der Waals surface area contributed by atoms with Gasteiger partial charge in [0.15, 0.2) is 0 Å². The Bertz CT molecular complexity index is 456. The number of ether oxygens (including phenoxy) is 1. The summed E-state index contributed by atoms with van der Waals surface area (Å²) < 4.78 is 6.20. The summed E-state index contributed by atoms with van der Waals surface area (Å²) in [5.74, 6) is 0. The minimum atomic E-state index is -0.290. The van der Waals surface area contributed by atoms with Crippen LogP contribution < -0.4 is 16.2 Å². The minimum Gasteiger partial charge on any atom is -0.383 e. The highest BCUT2D eigenvalue weighted by Crippen LogP contribution is 2.24. The van der Waals surface area contributed by atoms with Gasteiger partial charge in [-0.15, -0.1) is 0 Å². The van der Waals surface area contributed by atoms with E-state index in [9.17, 15) is 4.79 Å². The molecule has 6 nitrogen and oxygen atoms in total. The second kappa shape index (κ2) is 5.03. The van der Waals surface area contributed by atoms with Crippen molar-refractivity contribution < 1.29 is 4.74 Å². The maximum absolute atomic E-state index is 11.9. The van der Waals surface area contributed by atoms with E-state index in [1.165, 1.54) is 4.68 Å². The number of anilines is 1. The van der Waals surface area contributed by atoms with Crippen LogP contribution in [0.25, 0.3) is 0 Å². The zero-order valence-corrected chi connectivity index (χ0v) is 10.4. The van der Waals surface area contributed by atoms with Gasteiger partial charge in [0.1, 0.15) is 5.02 Å². The van der Waals surface area contributed by atoms with Gasteiger partial charge >= 0.3 is 0 Å². The second-order valence-corrected chi connectivity index (χ2v) is 4.41. The van der Waals surface area contributed by atoms with Crippen LogP contribution in [0.1, 0.15) is 0 Å². The van der Waals surface area contributed by atoms with Crippen LogP contribution in [0.2, 0.25) is 5.02 Å². The summed E-state index contributed by atoms with van der Waals surface area (Å²) in [4.78, 5) is 13.8. The lowest BCUT2D eigenvalue weighted by molar-refractivity contribution is 0.182. The van der Waals surface area contributed by atoms with Crippen molar-refractivity contribution in [3.8, 4) is 0 Å². The van der Waals surface area contributed by atoms with Crippen molar-refractivity contribution in [2.75, 3.05) is 31.7 Å². The molecule has 0 aliphatic carbocycles. The first-order valence-corrected chi connectivity index (χ1v) is 5.76. The van der Waals surface area contributed by atoms with Gasteiger partial charge in [-0.3, -0.25) is 4.79 Å². The molecule has 0 amide bonds. The Labute approximate surface area is 104 Å². The standard InChI is InChI=1S/C10H15ClN4O2/c1-17-3-2-15-10(16)9(11)8(4-13-15)14-5-7(12)6-14/h4,7H,2-3,5-6,12H2,1H3. The molecule has 1 aromatic heterocycles.